The number of nitrogens with one attached hydrogen (secondary N) is 3. The van der Waals surface area contributed by atoms with E-state index in [4.69, 9.17) is 28.6 Å². The highest BCUT2D eigenvalue weighted by atomic mass is 35.5. The van der Waals surface area contributed by atoms with E-state index in [1.807, 2.05) is 0 Å². The third kappa shape index (κ3) is 6.35. The molecule has 0 aliphatic rings. The monoisotopic (exact) mass is 453 g/mol. The number of non-ortho nitro benzene ring substituents is 1. The summed E-state index contributed by atoms with van der Waals surface area (Å²) in [7, 11) is 0. The fourth-order valence-corrected chi connectivity index (χ4v) is 2.31. The van der Waals surface area contributed by atoms with Gasteiger partial charge in [-0.05, 0) is 36.5 Å². The normalized spacial score (nSPS) is 9.90. The van der Waals surface area contributed by atoms with Crippen LogP contribution in [0.2, 0.25) is 5.02 Å². The van der Waals surface area contributed by atoms with Crippen molar-refractivity contribution in [1.82, 2.24) is 16.2 Å². The zero-order chi connectivity index (χ0) is 22.3. The molecule has 0 heterocycles. The van der Waals surface area contributed by atoms with Gasteiger partial charge in [-0.15, -0.1) is 0 Å². The van der Waals surface area contributed by atoms with E-state index in [9.17, 15) is 29.8 Å². The number of nitro groups is 2. The van der Waals surface area contributed by atoms with Crippen molar-refractivity contribution in [2.75, 3.05) is 6.61 Å². The summed E-state index contributed by atoms with van der Waals surface area (Å²) in [5.41, 5.74) is 3.80. The lowest BCUT2D eigenvalue weighted by Gasteiger charge is -2.11. The molecule has 0 fully saturated rings. The molecule has 0 saturated heterocycles. The van der Waals surface area contributed by atoms with Crippen LogP contribution in [0.25, 0.3) is 0 Å². The molecule has 30 heavy (non-hydrogen) atoms. The lowest BCUT2D eigenvalue weighted by Crippen LogP contribution is -2.49. The average Bonchev–Trinajstić information content (AvgIpc) is 2.71. The summed E-state index contributed by atoms with van der Waals surface area (Å²) in [6.07, 6.45) is 0. The minimum Gasteiger partial charge on any atom is -0.484 e. The fraction of sp³-hybridized carbons (Fsp3) is 0.0625. The maximum absolute atomic E-state index is 12.1. The lowest BCUT2D eigenvalue weighted by atomic mass is 10.2. The molecule has 0 unspecified atom stereocenters. The maximum Gasteiger partial charge on any atom is 0.288 e. The largest absolute Gasteiger partial charge is 0.484 e. The first-order valence-corrected chi connectivity index (χ1v) is 8.67. The number of carbonyl (C=O) groups excluding carboxylic acids is 2. The van der Waals surface area contributed by atoms with E-state index < -0.39 is 34.0 Å². The van der Waals surface area contributed by atoms with Gasteiger partial charge in [-0.1, -0.05) is 11.6 Å². The first-order valence-electron chi connectivity index (χ1n) is 7.88. The van der Waals surface area contributed by atoms with Gasteiger partial charge in [-0.2, -0.15) is 0 Å². The molecule has 2 aromatic carbocycles. The highest BCUT2D eigenvalue weighted by Gasteiger charge is 2.17. The number of benzene rings is 2. The summed E-state index contributed by atoms with van der Waals surface area (Å²) in [4.78, 5) is 44.0. The summed E-state index contributed by atoms with van der Waals surface area (Å²) in [6, 6.07) is 8.54. The Kier molecular flexibility index (Phi) is 7.55. The highest BCUT2D eigenvalue weighted by molar-refractivity contribution is 7.80. The number of halogens is 1. The number of amides is 2. The van der Waals surface area contributed by atoms with Gasteiger partial charge in [0.05, 0.1) is 9.85 Å². The van der Waals surface area contributed by atoms with Gasteiger partial charge < -0.3 is 4.74 Å². The minimum absolute atomic E-state index is 0.0666. The standard InChI is InChI=1S/C16H12ClN5O7S/c17-12-6-1-9(7-13(12)22(27)28)15(24)18-16(30)20-19-14(23)8-29-11-4-2-10(3-5-11)21(25)26/h1-7H,8H2,(H,19,23)(H2,18,20,24,30). The third-order valence-electron chi connectivity index (χ3n) is 3.37. The zero-order valence-electron chi connectivity index (χ0n) is 14.8. The predicted molar refractivity (Wildman–Crippen MR) is 108 cm³/mol. The quantitative estimate of drug-likeness (QED) is 0.336. The summed E-state index contributed by atoms with van der Waals surface area (Å²) in [5.74, 6) is -1.19. The minimum atomic E-state index is -0.761. The smallest absolute Gasteiger partial charge is 0.288 e. The molecule has 0 spiro atoms. The van der Waals surface area contributed by atoms with E-state index >= 15 is 0 Å². The molecule has 0 aliphatic carbocycles. The molecular weight excluding hydrogens is 442 g/mol. The zero-order valence-corrected chi connectivity index (χ0v) is 16.4. The topological polar surface area (TPSA) is 166 Å². The Morgan fingerprint density at radius 3 is 2.30 bits per heavy atom. The van der Waals surface area contributed by atoms with Crippen LogP contribution in [0, 0.1) is 20.2 Å². The predicted octanol–water partition coefficient (Wildman–Crippen LogP) is 1.87. The second-order valence-corrected chi connectivity index (χ2v) is 6.23. The molecule has 156 valence electrons. The Bertz CT molecular complexity index is 1020. The first kappa shape index (κ1) is 22.4. The van der Waals surface area contributed by atoms with E-state index in [2.05, 4.69) is 16.2 Å². The van der Waals surface area contributed by atoms with Crippen LogP contribution in [0.3, 0.4) is 0 Å². The Morgan fingerprint density at radius 2 is 1.70 bits per heavy atom. The van der Waals surface area contributed by atoms with Gasteiger partial charge >= 0.3 is 0 Å². The Balaban J connectivity index is 1.80. The van der Waals surface area contributed by atoms with Crippen LogP contribution in [0.5, 0.6) is 5.75 Å². The van der Waals surface area contributed by atoms with E-state index in [0.717, 1.165) is 6.07 Å². The molecule has 0 aromatic heterocycles. The molecule has 14 heteroatoms. The number of carbonyl (C=O) groups is 2. The van der Waals surface area contributed by atoms with Gasteiger partial charge in [0.1, 0.15) is 10.8 Å². The molecule has 3 N–H and O–H groups in total. The van der Waals surface area contributed by atoms with Crippen LogP contribution in [0.15, 0.2) is 42.5 Å². The van der Waals surface area contributed by atoms with Crippen molar-refractivity contribution < 1.29 is 24.2 Å². The number of rotatable bonds is 6. The molecule has 0 aliphatic heterocycles. The van der Waals surface area contributed by atoms with Gasteiger partial charge in [0, 0.05) is 23.8 Å². The van der Waals surface area contributed by atoms with Crippen LogP contribution in [-0.4, -0.2) is 33.4 Å². The van der Waals surface area contributed by atoms with Crippen LogP contribution in [0.4, 0.5) is 11.4 Å². The second-order valence-electron chi connectivity index (χ2n) is 5.42. The van der Waals surface area contributed by atoms with Crippen molar-refractivity contribution in [2.24, 2.45) is 0 Å². The van der Waals surface area contributed by atoms with Crippen molar-refractivity contribution in [3.05, 3.63) is 73.3 Å². The molecule has 2 aromatic rings. The number of ether oxygens (including phenoxy) is 1. The molecule has 2 rings (SSSR count). The number of thiocarbonyl (C=S) groups is 1. The van der Waals surface area contributed by atoms with Gasteiger partial charge in [0.2, 0.25) is 0 Å². The third-order valence-corrected chi connectivity index (χ3v) is 3.89. The Morgan fingerprint density at radius 1 is 1.03 bits per heavy atom. The lowest BCUT2D eigenvalue weighted by molar-refractivity contribution is -0.385. The molecule has 12 nitrogen and oxygen atoms in total. The number of nitro benzene ring substituents is 2. The molecule has 2 amide bonds. The Labute approximate surface area is 178 Å². The van der Waals surface area contributed by atoms with Crippen LogP contribution < -0.4 is 20.9 Å². The van der Waals surface area contributed by atoms with Crippen molar-refractivity contribution in [2.45, 2.75) is 0 Å². The van der Waals surface area contributed by atoms with Crippen molar-refractivity contribution in [1.29, 1.82) is 0 Å². The summed E-state index contributed by atoms with van der Waals surface area (Å²) in [5, 5.41) is 23.3. The van der Waals surface area contributed by atoms with E-state index in [1.54, 1.807) is 0 Å². The Hall–Kier alpha value is -3.84. The van der Waals surface area contributed by atoms with E-state index in [-0.39, 0.29) is 27.1 Å². The van der Waals surface area contributed by atoms with Gasteiger partial charge in [0.25, 0.3) is 23.2 Å². The van der Waals surface area contributed by atoms with E-state index in [1.165, 1.54) is 36.4 Å². The SMILES string of the molecule is O=C(COc1ccc([N+](=O)[O-])cc1)NNC(=S)NC(=O)c1ccc(Cl)c([N+](=O)[O-])c1. The first-order chi connectivity index (χ1) is 14.2. The number of hydrogen-bond acceptors (Lipinski definition) is 8. The van der Waals surface area contributed by atoms with Crippen molar-refractivity contribution in [3.8, 4) is 5.75 Å². The van der Waals surface area contributed by atoms with Crippen molar-refractivity contribution in [3.63, 3.8) is 0 Å². The second kappa shape index (κ2) is 10.1. The average molecular weight is 454 g/mol. The summed E-state index contributed by atoms with van der Waals surface area (Å²) >= 11 is 10.5. The molecule has 0 bridgehead atoms. The number of hydrogen-bond donors (Lipinski definition) is 3. The molecule has 0 saturated carbocycles. The molecule has 0 radical (unpaired) electrons. The van der Waals surface area contributed by atoms with Crippen LogP contribution in [-0.2, 0) is 4.79 Å². The molecular formula is C16H12ClN5O7S. The van der Waals surface area contributed by atoms with Crippen molar-refractivity contribution >= 4 is 52.1 Å². The number of hydrazine groups is 1. The van der Waals surface area contributed by atoms with Crippen LogP contribution in [0.1, 0.15) is 10.4 Å². The maximum atomic E-state index is 12.1. The summed E-state index contributed by atoms with van der Waals surface area (Å²) in [6.45, 7) is -0.440. The van der Waals surface area contributed by atoms with Crippen LogP contribution >= 0.6 is 23.8 Å². The van der Waals surface area contributed by atoms with Gasteiger partial charge in [-0.25, -0.2) is 0 Å². The summed E-state index contributed by atoms with van der Waals surface area (Å²) < 4.78 is 5.15. The fourth-order valence-electron chi connectivity index (χ4n) is 1.98. The molecule has 0 atom stereocenters. The van der Waals surface area contributed by atoms with Gasteiger partial charge in [0.15, 0.2) is 11.7 Å². The van der Waals surface area contributed by atoms with E-state index in [0.29, 0.717) is 0 Å². The number of nitrogens with zero attached hydrogens (tertiary/aromatic N) is 2. The van der Waals surface area contributed by atoms with Gasteiger partial charge in [-0.3, -0.25) is 46.0 Å². The highest BCUT2D eigenvalue weighted by Crippen LogP contribution is 2.25.